The van der Waals surface area contributed by atoms with Crippen molar-refractivity contribution in [2.75, 3.05) is 24.6 Å². The molecule has 2 saturated heterocycles. The molecule has 168 valence electrons. The number of anilines is 1. The summed E-state index contributed by atoms with van der Waals surface area (Å²) in [6.07, 6.45) is 5.20. The summed E-state index contributed by atoms with van der Waals surface area (Å²) in [4.78, 5) is 28.7. The number of halogens is 1. The molecule has 2 aliphatic rings. The number of hydrogen-bond acceptors (Lipinski definition) is 7. The van der Waals surface area contributed by atoms with Crippen molar-refractivity contribution in [3.05, 3.63) is 41.8 Å². The van der Waals surface area contributed by atoms with Crippen LogP contribution in [-0.4, -0.2) is 66.0 Å². The number of aromatic amines is 1. The molecule has 2 aliphatic heterocycles. The van der Waals surface area contributed by atoms with Gasteiger partial charge in [-0.05, 0) is 31.0 Å². The minimum Gasteiger partial charge on any atom is -0.484 e. The van der Waals surface area contributed by atoms with E-state index in [1.807, 2.05) is 17.2 Å². The molecule has 0 spiro atoms. The van der Waals surface area contributed by atoms with E-state index in [4.69, 9.17) is 21.5 Å². The lowest BCUT2D eigenvalue weighted by atomic mass is 10.1. The Morgan fingerprint density at radius 1 is 1.22 bits per heavy atom. The van der Waals surface area contributed by atoms with E-state index in [2.05, 4.69) is 19.9 Å². The fraction of sp³-hybridized carbons (Fsp3) is 0.350. The molecule has 1 aromatic carbocycles. The first kappa shape index (κ1) is 21.0. The fourth-order valence-corrected chi connectivity index (χ4v) is 5.67. The second-order valence-corrected chi connectivity index (χ2v) is 9.89. The molecule has 2 unspecified atom stereocenters. The maximum absolute atomic E-state index is 13.0. The van der Waals surface area contributed by atoms with E-state index in [0.29, 0.717) is 13.1 Å². The molecule has 10 nitrogen and oxygen atoms in total. The quantitative estimate of drug-likeness (QED) is 0.570. The average molecular weight is 477 g/mol. The third-order valence-corrected chi connectivity index (χ3v) is 7.37. The predicted molar refractivity (Wildman–Crippen MR) is 118 cm³/mol. The summed E-state index contributed by atoms with van der Waals surface area (Å²) < 4.78 is 28.9. The molecular weight excluding hydrogens is 456 g/mol. The summed E-state index contributed by atoms with van der Waals surface area (Å²) in [6, 6.07) is 6.19. The number of primary sulfonamides is 1. The Hall–Kier alpha value is -2.89. The SMILES string of the molecule is NS(=O)(=O)c1cc(OCC(=O)N2C3CCC2CN(c2ncnc4[nH]ccc24)C3)ccc1Cl. The molecule has 12 heteroatoms. The summed E-state index contributed by atoms with van der Waals surface area (Å²) in [5.41, 5.74) is 0.788. The van der Waals surface area contributed by atoms with Gasteiger partial charge < -0.3 is 19.5 Å². The zero-order chi connectivity index (χ0) is 22.5. The Balaban J connectivity index is 1.28. The van der Waals surface area contributed by atoms with Crippen LogP contribution in [0.25, 0.3) is 11.0 Å². The number of rotatable bonds is 5. The Labute approximate surface area is 189 Å². The minimum absolute atomic E-state index is 0.00148. The van der Waals surface area contributed by atoms with Gasteiger partial charge in [0.05, 0.1) is 10.4 Å². The van der Waals surface area contributed by atoms with Crippen molar-refractivity contribution in [1.29, 1.82) is 0 Å². The number of hydrogen-bond donors (Lipinski definition) is 2. The number of carbonyl (C=O) groups is 1. The number of ether oxygens (including phenoxy) is 1. The third kappa shape index (κ3) is 3.76. The second kappa shape index (κ2) is 7.91. The Morgan fingerprint density at radius 3 is 2.69 bits per heavy atom. The number of nitrogens with zero attached hydrogens (tertiary/aromatic N) is 4. The normalized spacial score (nSPS) is 20.7. The van der Waals surface area contributed by atoms with Crippen molar-refractivity contribution in [3.63, 3.8) is 0 Å². The number of aromatic nitrogens is 3. The van der Waals surface area contributed by atoms with Crippen LogP contribution in [0.5, 0.6) is 5.75 Å². The molecule has 1 amide bonds. The van der Waals surface area contributed by atoms with Gasteiger partial charge in [-0.15, -0.1) is 0 Å². The number of amides is 1. The number of nitrogens with one attached hydrogen (secondary N) is 1. The van der Waals surface area contributed by atoms with Gasteiger partial charge in [0.25, 0.3) is 5.91 Å². The van der Waals surface area contributed by atoms with E-state index in [1.165, 1.54) is 18.2 Å². The van der Waals surface area contributed by atoms with Gasteiger partial charge in [-0.1, -0.05) is 11.6 Å². The zero-order valence-corrected chi connectivity index (χ0v) is 18.5. The van der Waals surface area contributed by atoms with Crippen molar-refractivity contribution >= 4 is 44.4 Å². The maximum atomic E-state index is 13.0. The smallest absolute Gasteiger partial charge is 0.261 e. The number of piperazine rings is 1. The van der Waals surface area contributed by atoms with Crippen LogP contribution in [0.15, 0.2) is 41.7 Å². The predicted octanol–water partition coefficient (Wildman–Crippen LogP) is 1.52. The molecule has 2 bridgehead atoms. The second-order valence-electron chi connectivity index (χ2n) is 7.95. The molecule has 5 rings (SSSR count). The number of H-pyrrole nitrogens is 1. The highest BCUT2D eigenvalue weighted by Gasteiger charge is 2.43. The van der Waals surface area contributed by atoms with Crippen molar-refractivity contribution in [1.82, 2.24) is 19.9 Å². The first-order chi connectivity index (χ1) is 15.3. The van der Waals surface area contributed by atoms with Crippen LogP contribution in [0.1, 0.15) is 12.8 Å². The Bertz CT molecular complexity index is 1280. The zero-order valence-electron chi connectivity index (χ0n) is 16.9. The highest BCUT2D eigenvalue weighted by Crippen LogP contribution is 2.34. The molecule has 2 fully saturated rings. The van der Waals surface area contributed by atoms with Crippen LogP contribution in [0.4, 0.5) is 5.82 Å². The van der Waals surface area contributed by atoms with Gasteiger partial charge in [0.2, 0.25) is 10.0 Å². The monoisotopic (exact) mass is 476 g/mol. The number of benzene rings is 1. The summed E-state index contributed by atoms with van der Waals surface area (Å²) in [5.74, 6) is 0.945. The van der Waals surface area contributed by atoms with Gasteiger partial charge in [0.15, 0.2) is 6.61 Å². The van der Waals surface area contributed by atoms with Gasteiger partial charge in [0.1, 0.15) is 28.4 Å². The Kier molecular flexibility index (Phi) is 5.19. The van der Waals surface area contributed by atoms with Crippen LogP contribution in [0.2, 0.25) is 5.02 Å². The summed E-state index contributed by atoms with van der Waals surface area (Å²) in [7, 11) is -3.99. The van der Waals surface area contributed by atoms with Crippen molar-refractivity contribution in [2.45, 2.75) is 29.8 Å². The molecule has 0 aliphatic carbocycles. The maximum Gasteiger partial charge on any atom is 0.261 e. The van der Waals surface area contributed by atoms with Crippen LogP contribution < -0.4 is 14.8 Å². The van der Waals surface area contributed by atoms with Crippen molar-refractivity contribution in [2.24, 2.45) is 5.14 Å². The van der Waals surface area contributed by atoms with Crippen molar-refractivity contribution in [3.8, 4) is 5.75 Å². The van der Waals surface area contributed by atoms with E-state index in [1.54, 1.807) is 6.33 Å². The van der Waals surface area contributed by atoms with Gasteiger partial charge in [0, 0.05) is 37.4 Å². The van der Waals surface area contributed by atoms with Gasteiger partial charge in [-0.2, -0.15) is 0 Å². The number of carbonyl (C=O) groups excluding carboxylic acids is 1. The first-order valence-corrected chi connectivity index (χ1v) is 12.0. The lowest BCUT2D eigenvalue weighted by Crippen LogP contribution is -2.57. The van der Waals surface area contributed by atoms with E-state index in [0.717, 1.165) is 29.7 Å². The molecule has 2 atom stereocenters. The molecular formula is C20H21ClN6O4S. The molecule has 0 saturated carbocycles. The highest BCUT2D eigenvalue weighted by molar-refractivity contribution is 7.89. The van der Waals surface area contributed by atoms with Gasteiger partial charge in [-0.3, -0.25) is 4.79 Å². The van der Waals surface area contributed by atoms with Crippen LogP contribution in [0, 0.1) is 0 Å². The summed E-state index contributed by atoms with van der Waals surface area (Å²) >= 11 is 5.90. The lowest BCUT2D eigenvalue weighted by molar-refractivity contribution is -0.136. The van der Waals surface area contributed by atoms with E-state index in [9.17, 15) is 13.2 Å². The lowest BCUT2D eigenvalue weighted by Gasteiger charge is -2.41. The number of fused-ring (bicyclic) bond motifs is 3. The molecule has 3 N–H and O–H groups in total. The van der Waals surface area contributed by atoms with Crippen molar-refractivity contribution < 1.29 is 17.9 Å². The summed E-state index contributed by atoms with van der Waals surface area (Å²) in [5, 5.41) is 6.14. The molecule has 4 heterocycles. The molecule has 32 heavy (non-hydrogen) atoms. The largest absolute Gasteiger partial charge is 0.484 e. The van der Waals surface area contributed by atoms with Gasteiger partial charge in [-0.25, -0.2) is 23.5 Å². The molecule has 0 radical (unpaired) electrons. The standard InChI is InChI=1S/C20H21ClN6O4S/c21-16-4-3-14(7-17(16)32(22,29)30)31-10-18(28)27-12-1-2-13(27)9-26(8-12)20-15-5-6-23-19(15)24-11-25-20/h3-7,11-13H,1-2,8-10H2,(H2,22,29,30)(H,23,24,25). The van der Waals surface area contributed by atoms with Crippen LogP contribution in [-0.2, 0) is 14.8 Å². The van der Waals surface area contributed by atoms with Gasteiger partial charge >= 0.3 is 0 Å². The summed E-state index contributed by atoms with van der Waals surface area (Å²) in [6.45, 7) is 1.15. The third-order valence-electron chi connectivity index (χ3n) is 5.97. The highest BCUT2D eigenvalue weighted by atomic mass is 35.5. The minimum atomic E-state index is -3.99. The number of sulfonamides is 1. The van der Waals surface area contributed by atoms with Crippen LogP contribution >= 0.6 is 11.6 Å². The Morgan fingerprint density at radius 2 is 1.97 bits per heavy atom. The van der Waals surface area contributed by atoms with E-state index < -0.39 is 10.0 Å². The molecule has 2 aromatic heterocycles. The first-order valence-electron chi connectivity index (χ1n) is 10.1. The topological polar surface area (TPSA) is 135 Å². The number of nitrogens with two attached hydrogens (primary N) is 1. The van der Waals surface area contributed by atoms with E-state index in [-0.39, 0.29) is 40.3 Å². The van der Waals surface area contributed by atoms with Crippen LogP contribution in [0.3, 0.4) is 0 Å². The fourth-order valence-electron chi connectivity index (χ4n) is 4.60. The average Bonchev–Trinajstić information content (AvgIpc) is 3.34. The molecule has 3 aromatic rings. The van der Waals surface area contributed by atoms with E-state index >= 15 is 0 Å².